The smallest absolute Gasteiger partial charge is 0.264 e. The zero-order valence-corrected chi connectivity index (χ0v) is 16.3. The Balaban J connectivity index is 1.63. The third-order valence-electron chi connectivity index (χ3n) is 4.35. The van der Waals surface area contributed by atoms with Crippen LogP contribution in [0.3, 0.4) is 0 Å². The van der Waals surface area contributed by atoms with Crippen molar-refractivity contribution in [1.29, 1.82) is 0 Å². The maximum atomic E-state index is 13.4. The molecule has 3 heterocycles. The first-order valence-electron chi connectivity index (χ1n) is 8.61. The number of hydrogen-bond donors (Lipinski definition) is 1. The minimum atomic E-state index is -2.64. The molecule has 0 fully saturated rings. The van der Waals surface area contributed by atoms with Gasteiger partial charge in [0.05, 0.1) is 21.3 Å². The summed E-state index contributed by atoms with van der Waals surface area (Å²) in [6, 6.07) is 7.22. The first-order chi connectivity index (χ1) is 13.3. The average Bonchev–Trinajstić information content (AvgIpc) is 3.14. The predicted molar refractivity (Wildman–Crippen MR) is 105 cm³/mol. The summed E-state index contributed by atoms with van der Waals surface area (Å²) in [5.74, 6) is -0.345. The molecule has 0 spiro atoms. The van der Waals surface area contributed by atoms with Crippen LogP contribution < -0.4 is 5.32 Å². The van der Waals surface area contributed by atoms with Gasteiger partial charge in [-0.25, -0.2) is 23.4 Å². The minimum Gasteiger partial charge on any atom is -0.300 e. The number of rotatable bonds is 4. The summed E-state index contributed by atoms with van der Waals surface area (Å²) in [4.78, 5) is 21.2. The zero-order chi connectivity index (χ0) is 20.0. The average molecular weight is 401 g/mol. The van der Waals surface area contributed by atoms with Gasteiger partial charge in [-0.1, -0.05) is 17.4 Å². The molecule has 0 aliphatic rings. The van der Waals surface area contributed by atoms with E-state index in [9.17, 15) is 13.6 Å². The zero-order valence-electron chi connectivity index (χ0n) is 15.5. The number of carbonyl (C=O) groups is 1. The summed E-state index contributed by atoms with van der Waals surface area (Å²) < 4.78 is 29.1. The Kier molecular flexibility index (Phi) is 4.54. The first kappa shape index (κ1) is 18.4. The largest absolute Gasteiger partial charge is 0.300 e. The second-order valence-electron chi connectivity index (χ2n) is 6.63. The number of aryl methyl sites for hydroxylation is 3. The quantitative estimate of drug-likeness (QED) is 0.545. The topological polar surface area (TPSA) is 72.7 Å². The normalized spacial score (nSPS) is 11.6. The molecule has 0 unspecified atom stereocenters. The second kappa shape index (κ2) is 6.90. The lowest BCUT2D eigenvalue weighted by molar-refractivity contribution is -0.116. The molecule has 3 aromatic heterocycles. The van der Waals surface area contributed by atoms with Crippen LogP contribution in [0, 0.1) is 20.8 Å². The highest BCUT2D eigenvalue weighted by Crippen LogP contribution is 2.30. The maximum Gasteiger partial charge on any atom is 0.264 e. The monoisotopic (exact) mass is 401 g/mol. The van der Waals surface area contributed by atoms with Crippen molar-refractivity contribution < 1.29 is 13.6 Å². The summed E-state index contributed by atoms with van der Waals surface area (Å²) in [7, 11) is 0. The van der Waals surface area contributed by atoms with E-state index in [-0.39, 0.29) is 23.7 Å². The van der Waals surface area contributed by atoms with Gasteiger partial charge in [-0.2, -0.15) is 5.10 Å². The highest BCUT2D eigenvalue weighted by molar-refractivity contribution is 7.22. The van der Waals surface area contributed by atoms with Gasteiger partial charge in [0, 0.05) is 11.3 Å². The Morgan fingerprint density at radius 3 is 2.75 bits per heavy atom. The van der Waals surface area contributed by atoms with Crippen molar-refractivity contribution in [1.82, 2.24) is 19.7 Å². The van der Waals surface area contributed by atoms with Crippen molar-refractivity contribution in [2.75, 3.05) is 5.32 Å². The number of alkyl halides is 2. The Morgan fingerprint density at radius 2 is 2.00 bits per heavy atom. The fourth-order valence-corrected chi connectivity index (χ4v) is 4.16. The number of amides is 1. The van der Waals surface area contributed by atoms with E-state index in [4.69, 9.17) is 0 Å². The van der Waals surface area contributed by atoms with Crippen molar-refractivity contribution in [2.45, 2.75) is 33.7 Å². The lowest BCUT2D eigenvalue weighted by atomic mass is 10.1. The number of nitrogens with one attached hydrogen (secondary N) is 1. The lowest BCUT2D eigenvalue weighted by Crippen LogP contribution is -2.19. The van der Waals surface area contributed by atoms with Crippen LogP contribution >= 0.6 is 11.3 Å². The van der Waals surface area contributed by atoms with Gasteiger partial charge >= 0.3 is 0 Å². The van der Waals surface area contributed by atoms with E-state index in [1.807, 2.05) is 25.1 Å². The summed E-state index contributed by atoms with van der Waals surface area (Å²) in [5, 5.41) is 7.79. The summed E-state index contributed by atoms with van der Waals surface area (Å²) in [6.45, 7) is 5.13. The Bertz CT molecular complexity index is 1210. The number of fused-ring (bicyclic) bond motifs is 2. The van der Waals surface area contributed by atoms with Gasteiger partial charge in [-0.3, -0.25) is 4.79 Å². The van der Waals surface area contributed by atoms with Gasteiger partial charge < -0.3 is 5.32 Å². The van der Waals surface area contributed by atoms with E-state index in [0.717, 1.165) is 15.8 Å². The third kappa shape index (κ3) is 3.33. The van der Waals surface area contributed by atoms with Gasteiger partial charge in [0.25, 0.3) is 6.43 Å². The van der Waals surface area contributed by atoms with E-state index in [0.29, 0.717) is 21.9 Å². The van der Waals surface area contributed by atoms with E-state index in [1.54, 1.807) is 13.8 Å². The Morgan fingerprint density at radius 1 is 1.21 bits per heavy atom. The molecule has 144 valence electrons. The maximum absolute atomic E-state index is 13.4. The molecule has 1 aromatic carbocycles. The number of anilines is 1. The summed E-state index contributed by atoms with van der Waals surface area (Å²) >= 11 is 1.38. The van der Waals surface area contributed by atoms with Crippen molar-refractivity contribution in [3.05, 3.63) is 46.8 Å². The molecule has 0 radical (unpaired) electrons. The molecule has 0 saturated heterocycles. The highest BCUT2D eigenvalue weighted by Gasteiger charge is 2.21. The molecule has 0 bridgehead atoms. The van der Waals surface area contributed by atoms with Gasteiger partial charge in [-0.15, -0.1) is 0 Å². The fraction of sp³-hybridized carbons (Fsp3) is 0.263. The van der Waals surface area contributed by atoms with Gasteiger partial charge in [0.1, 0.15) is 6.54 Å². The molecule has 4 rings (SSSR count). The van der Waals surface area contributed by atoms with Crippen molar-refractivity contribution >= 4 is 43.6 Å². The molecular weight excluding hydrogens is 384 g/mol. The molecular formula is C19H17F2N5OS. The number of thiazole rings is 1. The molecule has 1 N–H and O–H groups in total. The summed E-state index contributed by atoms with van der Waals surface area (Å²) in [6.07, 6.45) is -2.64. The van der Waals surface area contributed by atoms with Crippen molar-refractivity contribution in [3.63, 3.8) is 0 Å². The van der Waals surface area contributed by atoms with E-state index in [1.165, 1.54) is 22.1 Å². The van der Waals surface area contributed by atoms with Crippen LogP contribution in [0.2, 0.25) is 0 Å². The van der Waals surface area contributed by atoms with Gasteiger partial charge in [-0.05, 0) is 44.5 Å². The van der Waals surface area contributed by atoms with Crippen LogP contribution in [-0.4, -0.2) is 25.7 Å². The van der Waals surface area contributed by atoms with Crippen LogP contribution in [0.5, 0.6) is 0 Å². The molecule has 0 aliphatic carbocycles. The van der Waals surface area contributed by atoms with Crippen LogP contribution in [0.1, 0.15) is 28.9 Å². The second-order valence-corrected chi connectivity index (χ2v) is 7.66. The van der Waals surface area contributed by atoms with Crippen LogP contribution in [0.15, 0.2) is 24.3 Å². The van der Waals surface area contributed by atoms with Crippen LogP contribution in [0.4, 0.5) is 13.9 Å². The number of halogens is 2. The van der Waals surface area contributed by atoms with Crippen molar-refractivity contribution in [2.24, 2.45) is 0 Å². The summed E-state index contributed by atoms with van der Waals surface area (Å²) in [5.41, 5.74) is 2.96. The predicted octanol–water partition coefficient (Wildman–Crippen LogP) is 4.54. The highest BCUT2D eigenvalue weighted by atomic mass is 32.1. The minimum absolute atomic E-state index is 0.117. The van der Waals surface area contributed by atoms with E-state index in [2.05, 4.69) is 20.4 Å². The van der Waals surface area contributed by atoms with Gasteiger partial charge in [0.15, 0.2) is 10.8 Å². The van der Waals surface area contributed by atoms with Crippen LogP contribution in [-0.2, 0) is 11.3 Å². The number of carbonyl (C=O) groups excluding carboxylic acids is 1. The first-order valence-corrected chi connectivity index (χ1v) is 9.43. The standard InChI is InChI=1S/C19H17F2N5OS/c1-9-4-5-13-14(6-9)28-19(23-13)24-15(27)8-26-18-16(11(3)25-26)12(17(20)21)7-10(2)22-18/h4-7,17H,8H2,1-3H3,(H,23,24,27). The molecule has 28 heavy (non-hydrogen) atoms. The van der Waals surface area contributed by atoms with Gasteiger partial charge in [0.2, 0.25) is 5.91 Å². The van der Waals surface area contributed by atoms with Crippen LogP contribution in [0.25, 0.3) is 21.3 Å². The molecule has 1 amide bonds. The molecule has 4 aromatic rings. The fourth-order valence-electron chi connectivity index (χ4n) is 3.18. The van der Waals surface area contributed by atoms with E-state index < -0.39 is 6.43 Å². The third-order valence-corrected chi connectivity index (χ3v) is 5.29. The Hall–Kier alpha value is -2.94. The lowest BCUT2D eigenvalue weighted by Gasteiger charge is -2.06. The SMILES string of the molecule is Cc1ccc2nc(NC(=O)Cn3nc(C)c4c(C(F)F)cc(C)nc43)sc2c1. The number of pyridine rings is 1. The van der Waals surface area contributed by atoms with E-state index >= 15 is 0 Å². The molecule has 6 nitrogen and oxygen atoms in total. The molecule has 0 atom stereocenters. The number of nitrogens with zero attached hydrogens (tertiary/aromatic N) is 4. The molecule has 0 aliphatic heterocycles. The van der Waals surface area contributed by atoms with Crippen molar-refractivity contribution in [3.8, 4) is 0 Å². The number of aromatic nitrogens is 4. The number of hydrogen-bond acceptors (Lipinski definition) is 5. The molecule has 9 heteroatoms. The molecule has 0 saturated carbocycles. The Labute approximate surface area is 163 Å². The number of benzene rings is 1.